The predicted octanol–water partition coefficient (Wildman–Crippen LogP) is -6.02. The van der Waals surface area contributed by atoms with Gasteiger partial charge in [0.2, 0.25) is 17.7 Å². The number of carbonyl (C=O) groups is 4. The number of aliphatic carboxylic acids is 1. The molecule has 3 fully saturated rings. The van der Waals surface area contributed by atoms with Gasteiger partial charge in [0.25, 0.3) is 0 Å². The summed E-state index contributed by atoms with van der Waals surface area (Å²) in [5.74, 6) is -3.72. The normalized spacial score (nSPS) is 43.3. The van der Waals surface area contributed by atoms with Crippen LogP contribution in [0.1, 0.15) is 27.7 Å². The van der Waals surface area contributed by atoms with Gasteiger partial charge in [-0.25, -0.2) is 4.79 Å². The van der Waals surface area contributed by atoms with E-state index in [-0.39, 0.29) is 0 Å². The Labute approximate surface area is 245 Å². The third-order valence-corrected chi connectivity index (χ3v) is 7.22. The molecule has 0 radical (unpaired) electrons. The fourth-order valence-electron chi connectivity index (χ4n) is 5.19. The molecule has 10 N–H and O–H groups in total. The molecule has 0 aromatic carbocycles. The number of aliphatic hydroxyl groups is 6. The van der Waals surface area contributed by atoms with Crippen LogP contribution < -0.4 is 16.0 Å². The van der Waals surface area contributed by atoms with Crippen LogP contribution >= 0.6 is 0 Å². The van der Waals surface area contributed by atoms with Crippen molar-refractivity contribution in [3.05, 3.63) is 0 Å². The van der Waals surface area contributed by atoms with E-state index in [1.165, 1.54) is 6.92 Å². The molecular weight excluding hydrogens is 586 g/mol. The van der Waals surface area contributed by atoms with Gasteiger partial charge in [0.1, 0.15) is 60.9 Å². The number of hydrogen-bond acceptors (Lipinski definition) is 15. The highest BCUT2D eigenvalue weighted by Crippen LogP contribution is 2.32. The Hall–Kier alpha value is -2.56. The van der Waals surface area contributed by atoms with Crippen LogP contribution in [-0.4, -0.2) is 158 Å². The zero-order valence-electron chi connectivity index (χ0n) is 23.7. The summed E-state index contributed by atoms with van der Waals surface area (Å²) in [6, 6.07) is -4.43. The van der Waals surface area contributed by atoms with E-state index in [2.05, 4.69) is 16.0 Å². The number of carboxylic acid groups (broad SMARTS) is 1. The largest absolute Gasteiger partial charge is 0.479 e. The van der Waals surface area contributed by atoms with Crippen LogP contribution in [0.3, 0.4) is 0 Å². The Morgan fingerprint density at radius 2 is 1.16 bits per heavy atom. The van der Waals surface area contributed by atoms with Gasteiger partial charge in [-0.1, -0.05) is 0 Å². The second kappa shape index (κ2) is 14.5. The molecule has 3 heterocycles. The number of amides is 3. The third kappa shape index (κ3) is 7.94. The van der Waals surface area contributed by atoms with Crippen LogP contribution in [0.5, 0.6) is 0 Å². The van der Waals surface area contributed by atoms with Gasteiger partial charge in [0, 0.05) is 20.8 Å². The highest BCUT2D eigenvalue weighted by atomic mass is 16.7. The van der Waals surface area contributed by atoms with Crippen molar-refractivity contribution in [2.75, 3.05) is 6.61 Å². The van der Waals surface area contributed by atoms with Crippen LogP contribution in [0.25, 0.3) is 0 Å². The molecule has 19 heteroatoms. The van der Waals surface area contributed by atoms with Gasteiger partial charge in [0.05, 0.1) is 12.7 Å². The lowest BCUT2D eigenvalue weighted by Crippen LogP contribution is -2.71. The van der Waals surface area contributed by atoms with Crippen LogP contribution in [0.2, 0.25) is 0 Å². The van der Waals surface area contributed by atoms with E-state index in [1.54, 1.807) is 0 Å². The topological polar surface area (TPSA) is 292 Å². The fourth-order valence-corrected chi connectivity index (χ4v) is 5.19. The summed E-state index contributed by atoms with van der Waals surface area (Å²) < 4.78 is 28.2. The Bertz CT molecular complexity index is 1020. The van der Waals surface area contributed by atoms with Crippen molar-refractivity contribution in [3.63, 3.8) is 0 Å². The zero-order valence-corrected chi connectivity index (χ0v) is 23.7. The standard InChI is InChI=1S/C24H39N3O16/c1-6-14(32)19(42-23-11(25-7(2)29)16(34)17(35)20(43-23)21(36)37)13(27-9(4)31)24(39-6)41-18-12(26-8(3)30)22(38)40-10(5-28)15(18)33/h6,10-20,22-24,28,32-35,38H,5H2,1-4H3,(H,25,29)(H,26,30)(H,27,31)(H,36,37)/t6-,10+,11+,12+,13-,14-,15+,16+,17+,18+,19-,20-,22+,23-,24-/m0/s1. The van der Waals surface area contributed by atoms with Crippen LogP contribution in [-0.2, 0) is 42.9 Å². The average Bonchev–Trinajstić information content (AvgIpc) is 2.91. The number of hydrogen-bond donors (Lipinski definition) is 10. The minimum atomic E-state index is -2.02. The molecule has 0 spiro atoms. The summed E-state index contributed by atoms with van der Waals surface area (Å²) >= 11 is 0. The quantitative estimate of drug-likeness (QED) is 0.114. The number of aliphatic hydroxyl groups excluding tert-OH is 6. The number of carbonyl (C=O) groups excluding carboxylic acids is 3. The van der Waals surface area contributed by atoms with Crippen molar-refractivity contribution >= 4 is 23.7 Å². The molecule has 0 saturated carbocycles. The van der Waals surface area contributed by atoms with Gasteiger partial charge in [-0.05, 0) is 6.92 Å². The van der Waals surface area contributed by atoms with Crippen molar-refractivity contribution in [2.45, 2.75) is 120 Å². The molecule has 0 aromatic rings. The number of ether oxygens (including phenoxy) is 5. The second-order valence-electron chi connectivity index (χ2n) is 10.6. The molecule has 3 rings (SSSR count). The first-order valence-electron chi connectivity index (χ1n) is 13.4. The third-order valence-electron chi connectivity index (χ3n) is 7.22. The maximum absolute atomic E-state index is 12.2. The van der Waals surface area contributed by atoms with Crippen LogP contribution in [0.4, 0.5) is 0 Å². The highest BCUT2D eigenvalue weighted by Gasteiger charge is 2.55. The van der Waals surface area contributed by atoms with Crippen molar-refractivity contribution in [2.24, 2.45) is 0 Å². The fraction of sp³-hybridized carbons (Fsp3) is 0.833. The van der Waals surface area contributed by atoms with Gasteiger partial charge < -0.3 is 75.4 Å². The maximum atomic E-state index is 12.2. The van der Waals surface area contributed by atoms with Crippen molar-refractivity contribution in [1.82, 2.24) is 16.0 Å². The Morgan fingerprint density at radius 1 is 0.674 bits per heavy atom. The Morgan fingerprint density at radius 3 is 1.67 bits per heavy atom. The van der Waals surface area contributed by atoms with E-state index in [0.717, 1.165) is 20.8 Å². The number of nitrogens with one attached hydrogen (secondary N) is 3. The zero-order chi connectivity index (χ0) is 32.3. The van der Waals surface area contributed by atoms with E-state index in [1.807, 2.05) is 0 Å². The number of carboxylic acids is 1. The van der Waals surface area contributed by atoms with E-state index in [0.29, 0.717) is 0 Å². The van der Waals surface area contributed by atoms with E-state index < -0.39 is 122 Å². The minimum Gasteiger partial charge on any atom is -0.479 e. The Kier molecular flexibility index (Phi) is 11.8. The summed E-state index contributed by atoms with van der Waals surface area (Å²) in [7, 11) is 0. The predicted molar refractivity (Wildman–Crippen MR) is 135 cm³/mol. The second-order valence-corrected chi connectivity index (χ2v) is 10.6. The lowest BCUT2D eigenvalue weighted by atomic mass is 9.93. The summed E-state index contributed by atoms with van der Waals surface area (Å²) in [4.78, 5) is 47.6. The molecule has 0 aliphatic carbocycles. The molecule has 19 nitrogen and oxygen atoms in total. The Balaban J connectivity index is 1.98. The first-order valence-corrected chi connectivity index (χ1v) is 13.4. The molecule has 15 atom stereocenters. The summed E-state index contributed by atoms with van der Waals surface area (Å²) in [5, 5.41) is 79.5. The van der Waals surface area contributed by atoms with Gasteiger partial charge >= 0.3 is 5.97 Å². The van der Waals surface area contributed by atoms with E-state index >= 15 is 0 Å². The monoisotopic (exact) mass is 625 g/mol. The summed E-state index contributed by atoms with van der Waals surface area (Å²) in [6.07, 6.45) is -20.0. The molecule has 3 saturated heterocycles. The lowest BCUT2D eigenvalue weighted by molar-refractivity contribution is -0.341. The van der Waals surface area contributed by atoms with Gasteiger partial charge in [-0.3, -0.25) is 14.4 Å². The molecular formula is C24H39N3O16. The smallest absolute Gasteiger partial charge is 0.335 e. The van der Waals surface area contributed by atoms with Gasteiger partial charge in [-0.15, -0.1) is 0 Å². The maximum Gasteiger partial charge on any atom is 0.335 e. The molecule has 3 aliphatic rings. The van der Waals surface area contributed by atoms with Crippen molar-refractivity contribution in [1.29, 1.82) is 0 Å². The van der Waals surface area contributed by atoms with Gasteiger partial charge in [-0.2, -0.15) is 0 Å². The average molecular weight is 626 g/mol. The van der Waals surface area contributed by atoms with E-state index in [9.17, 15) is 54.9 Å². The van der Waals surface area contributed by atoms with Crippen molar-refractivity contribution in [3.8, 4) is 0 Å². The SMILES string of the molecule is CC(=O)N[C@@H]1[C@H](O[C@H]2[C@H](O)[C@@H](CO)O[C@@H](O)[C@@H]2NC(C)=O)O[C@@H](C)[C@H](O)[C@H]1O[C@H]1O[C@H](C(=O)O)[C@H](O)[C@H](O)[C@H]1NC(C)=O. The molecule has 246 valence electrons. The van der Waals surface area contributed by atoms with Crippen molar-refractivity contribution < 1.29 is 78.6 Å². The van der Waals surface area contributed by atoms with Crippen LogP contribution in [0.15, 0.2) is 0 Å². The minimum absolute atomic E-state index is 0.643. The summed E-state index contributed by atoms with van der Waals surface area (Å²) in [6.45, 7) is 3.93. The first kappa shape index (κ1) is 34.9. The van der Waals surface area contributed by atoms with Gasteiger partial charge in [0.15, 0.2) is 25.0 Å². The highest BCUT2D eigenvalue weighted by molar-refractivity contribution is 5.75. The molecule has 43 heavy (non-hydrogen) atoms. The molecule has 0 bridgehead atoms. The molecule has 0 unspecified atom stereocenters. The number of rotatable bonds is 9. The summed E-state index contributed by atoms with van der Waals surface area (Å²) in [5.41, 5.74) is 0. The van der Waals surface area contributed by atoms with E-state index in [4.69, 9.17) is 23.7 Å². The molecule has 3 amide bonds. The van der Waals surface area contributed by atoms with Crippen LogP contribution in [0, 0.1) is 0 Å². The molecule has 0 aromatic heterocycles. The lowest BCUT2D eigenvalue weighted by Gasteiger charge is -2.49. The first-order chi connectivity index (χ1) is 20.1. The molecule has 3 aliphatic heterocycles.